The molecule has 0 aromatic heterocycles. The summed E-state index contributed by atoms with van der Waals surface area (Å²) in [5.74, 6) is 0.918. The van der Waals surface area contributed by atoms with E-state index in [0.29, 0.717) is 18.3 Å². The molecule has 0 N–H and O–H groups in total. The summed E-state index contributed by atoms with van der Waals surface area (Å²) in [5.41, 5.74) is 1.23. The van der Waals surface area contributed by atoms with Gasteiger partial charge in [0.05, 0.1) is 12.3 Å². The highest BCUT2D eigenvalue weighted by Gasteiger charge is 2.27. The third-order valence-corrected chi connectivity index (χ3v) is 6.59. The van der Waals surface area contributed by atoms with Crippen LogP contribution in [0.1, 0.15) is 31.7 Å². The second-order valence-corrected chi connectivity index (χ2v) is 8.74. The van der Waals surface area contributed by atoms with Gasteiger partial charge >= 0.3 is 0 Å². The van der Waals surface area contributed by atoms with Gasteiger partial charge < -0.3 is 9.80 Å². The Morgan fingerprint density at radius 2 is 1.70 bits per heavy atom. The van der Waals surface area contributed by atoms with Crippen LogP contribution in [-0.4, -0.2) is 77.6 Å². The predicted octanol–water partition coefficient (Wildman–Crippen LogP) is 2.63. The SMILES string of the molecule is Cc1ccc(SCC(=O)N2CCN(CC(=O)N3CCCCC3C)CC2)cc1. The molecule has 1 atom stereocenters. The number of piperazine rings is 1. The highest BCUT2D eigenvalue weighted by molar-refractivity contribution is 8.00. The van der Waals surface area contributed by atoms with Crippen LogP contribution in [0.2, 0.25) is 0 Å². The lowest BCUT2D eigenvalue weighted by Gasteiger charge is -2.38. The van der Waals surface area contributed by atoms with Crippen LogP contribution >= 0.6 is 11.8 Å². The molecule has 0 radical (unpaired) electrons. The first-order chi connectivity index (χ1) is 13.0. The lowest BCUT2D eigenvalue weighted by Crippen LogP contribution is -2.53. The van der Waals surface area contributed by atoms with Crippen LogP contribution < -0.4 is 0 Å². The molecule has 0 spiro atoms. The normalized spacial score (nSPS) is 21.3. The van der Waals surface area contributed by atoms with E-state index in [9.17, 15) is 9.59 Å². The molecule has 2 amide bonds. The van der Waals surface area contributed by atoms with E-state index in [-0.39, 0.29) is 11.8 Å². The smallest absolute Gasteiger partial charge is 0.236 e. The monoisotopic (exact) mass is 389 g/mol. The van der Waals surface area contributed by atoms with Crippen molar-refractivity contribution in [3.63, 3.8) is 0 Å². The Kier molecular flexibility index (Phi) is 7.19. The van der Waals surface area contributed by atoms with Crippen LogP contribution in [0.5, 0.6) is 0 Å². The van der Waals surface area contributed by atoms with E-state index in [0.717, 1.165) is 50.5 Å². The van der Waals surface area contributed by atoms with Crippen molar-refractivity contribution in [2.45, 2.75) is 44.0 Å². The van der Waals surface area contributed by atoms with Crippen molar-refractivity contribution >= 4 is 23.6 Å². The van der Waals surface area contributed by atoms with Gasteiger partial charge in [0.1, 0.15) is 0 Å². The van der Waals surface area contributed by atoms with E-state index in [1.165, 1.54) is 12.0 Å². The van der Waals surface area contributed by atoms with Crippen molar-refractivity contribution in [1.29, 1.82) is 0 Å². The van der Waals surface area contributed by atoms with E-state index >= 15 is 0 Å². The number of hydrogen-bond acceptors (Lipinski definition) is 4. The van der Waals surface area contributed by atoms with Crippen LogP contribution in [0.15, 0.2) is 29.2 Å². The molecule has 3 rings (SSSR count). The molecule has 148 valence electrons. The van der Waals surface area contributed by atoms with Crippen LogP contribution in [-0.2, 0) is 9.59 Å². The summed E-state index contributed by atoms with van der Waals surface area (Å²) in [4.78, 5) is 32.4. The minimum atomic E-state index is 0.191. The van der Waals surface area contributed by atoms with E-state index in [4.69, 9.17) is 0 Å². The molecule has 27 heavy (non-hydrogen) atoms. The van der Waals surface area contributed by atoms with Gasteiger partial charge in [-0.25, -0.2) is 0 Å². The fourth-order valence-electron chi connectivity index (χ4n) is 3.78. The fourth-order valence-corrected chi connectivity index (χ4v) is 4.58. The average Bonchev–Trinajstić information content (AvgIpc) is 2.68. The van der Waals surface area contributed by atoms with Crippen LogP contribution in [0.4, 0.5) is 0 Å². The first-order valence-corrected chi connectivity index (χ1v) is 11.0. The maximum atomic E-state index is 12.6. The van der Waals surface area contributed by atoms with Gasteiger partial charge in [-0.05, 0) is 45.2 Å². The molecule has 1 aromatic carbocycles. The summed E-state index contributed by atoms with van der Waals surface area (Å²) in [6.07, 6.45) is 3.47. The first-order valence-electron chi connectivity index (χ1n) is 10.0. The molecule has 1 unspecified atom stereocenters. The topological polar surface area (TPSA) is 43.9 Å². The second kappa shape index (κ2) is 9.60. The highest BCUT2D eigenvalue weighted by atomic mass is 32.2. The van der Waals surface area contributed by atoms with E-state index in [1.807, 2.05) is 9.80 Å². The molecule has 0 aliphatic carbocycles. The van der Waals surface area contributed by atoms with Crippen molar-refractivity contribution in [3.8, 4) is 0 Å². The zero-order valence-corrected chi connectivity index (χ0v) is 17.3. The summed E-state index contributed by atoms with van der Waals surface area (Å²) < 4.78 is 0. The number of hydrogen-bond donors (Lipinski definition) is 0. The molecule has 2 aliphatic rings. The molecule has 5 nitrogen and oxygen atoms in total. The Hall–Kier alpha value is -1.53. The average molecular weight is 390 g/mol. The summed E-state index contributed by atoms with van der Waals surface area (Å²) >= 11 is 1.60. The van der Waals surface area contributed by atoms with Gasteiger partial charge in [0.25, 0.3) is 0 Å². The van der Waals surface area contributed by atoms with E-state index in [1.54, 1.807) is 11.8 Å². The minimum absolute atomic E-state index is 0.191. The van der Waals surface area contributed by atoms with Gasteiger partial charge in [0.15, 0.2) is 0 Å². The maximum absolute atomic E-state index is 12.6. The molecule has 1 aromatic rings. The van der Waals surface area contributed by atoms with Gasteiger partial charge in [0.2, 0.25) is 11.8 Å². The molecular weight excluding hydrogens is 358 g/mol. The predicted molar refractivity (Wildman–Crippen MR) is 110 cm³/mol. The number of carbonyl (C=O) groups is 2. The summed E-state index contributed by atoms with van der Waals surface area (Å²) in [6.45, 7) is 8.62. The van der Waals surface area contributed by atoms with Gasteiger partial charge in [-0.2, -0.15) is 0 Å². The third-order valence-electron chi connectivity index (χ3n) is 5.59. The van der Waals surface area contributed by atoms with E-state index in [2.05, 4.69) is 43.0 Å². The molecule has 0 saturated carbocycles. The third kappa shape index (κ3) is 5.72. The molecule has 2 aliphatic heterocycles. The number of aryl methyl sites for hydroxylation is 1. The van der Waals surface area contributed by atoms with Crippen molar-refractivity contribution < 1.29 is 9.59 Å². The Labute approximate surface area is 167 Å². The molecule has 0 bridgehead atoms. The molecule has 6 heteroatoms. The zero-order valence-electron chi connectivity index (χ0n) is 16.5. The van der Waals surface area contributed by atoms with Crippen molar-refractivity contribution in [3.05, 3.63) is 29.8 Å². The number of likely N-dealkylation sites (tertiary alicyclic amines) is 1. The molecule has 2 saturated heterocycles. The van der Waals surface area contributed by atoms with Crippen molar-refractivity contribution in [2.24, 2.45) is 0 Å². The number of nitrogens with zero attached hydrogens (tertiary/aromatic N) is 3. The second-order valence-electron chi connectivity index (χ2n) is 7.69. The number of amides is 2. The Morgan fingerprint density at radius 3 is 2.37 bits per heavy atom. The number of benzene rings is 1. The van der Waals surface area contributed by atoms with Crippen molar-refractivity contribution in [1.82, 2.24) is 14.7 Å². The number of piperidine rings is 1. The van der Waals surface area contributed by atoms with Crippen LogP contribution in [0.3, 0.4) is 0 Å². The van der Waals surface area contributed by atoms with Crippen LogP contribution in [0.25, 0.3) is 0 Å². The molecule has 2 heterocycles. The lowest BCUT2D eigenvalue weighted by molar-refractivity contribution is -0.136. The zero-order chi connectivity index (χ0) is 19.2. The van der Waals surface area contributed by atoms with Gasteiger partial charge in [-0.3, -0.25) is 14.5 Å². The largest absolute Gasteiger partial charge is 0.339 e. The van der Waals surface area contributed by atoms with Gasteiger partial charge in [0, 0.05) is 43.7 Å². The molecular formula is C21H31N3O2S. The number of carbonyl (C=O) groups excluding carboxylic acids is 2. The Balaban J connectivity index is 1.39. The quantitative estimate of drug-likeness (QED) is 0.726. The highest BCUT2D eigenvalue weighted by Crippen LogP contribution is 2.20. The van der Waals surface area contributed by atoms with Gasteiger partial charge in [-0.1, -0.05) is 17.7 Å². The Bertz CT molecular complexity index is 641. The lowest BCUT2D eigenvalue weighted by atomic mass is 10.0. The fraction of sp³-hybridized carbons (Fsp3) is 0.619. The summed E-state index contributed by atoms with van der Waals surface area (Å²) in [5, 5.41) is 0. The maximum Gasteiger partial charge on any atom is 0.236 e. The minimum Gasteiger partial charge on any atom is -0.339 e. The number of thioether (sulfide) groups is 1. The summed E-state index contributed by atoms with van der Waals surface area (Å²) in [7, 11) is 0. The Morgan fingerprint density at radius 1 is 1.00 bits per heavy atom. The first kappa shape index (κ1) is 20.2. The number of rotatable bonds is 5. The van der Waals surface area contributed by atoms with Crippen LogP contribution in [0, 0.1) is 6.92 Å². The standard InChI is InChI=1S/C21H31N3O2S/c1-17-6-8-19(9-7-17)27-16-21(26)23-13-11-22(12-14-23)15-20(25)24-10-4-3-5-18(24)2/h6-9,18H,3-5,10-16H2,1-2H3. The summed E-state index contributed by atoms with van der Waals surface area (Å²) in [6, 6.07) is 8.65. The molecule has 2 fully saturated rings. The van der Waals surface area contributed by atoms with Crippen molar-refractivity contribution in [2.75, 3.05) is 45.0 Å². The van der Waals surface area contributed by atoms with Gasteiger partial charge in [-0.15, -0.1) is 11.8 Å². The van der Waals surface area contributed by atoms with E-state index < -0.39 is 0 Å².